The maximum absolute atomic E-state index is 14.2. The van der Waals surface area contributed by atoms with Crippen LogP contribution in [0.25, 0.3) is 0 Å². The molecule has 8 heteroatoms. The van der Waals surface area contributed by atoms with E-state index in [0.29, 0.717) is 30.0 Å². The number of methoxy groups -OCH3 is 1. The van der Waals surface area contributed by atoms with E-state index >= 15 is 0 Å². The number of ether oxygens (including phenoxy) is 3. The van der Waals surface area contributed by atoms with Crippen LogP contribution in [0.15, 0.2) is 24.5 Å². The number of amides is 2. The summed E-state index contributed by atoms with van der Waals surface area (Å²) in [6, 6.07) is 3.98. The minimum atomic E-state index is -0.805. The van der Waals surface area contributed by atoms with Crippen molar-refractivity contribution in [2.24, 2.45) is 11.3 Å². The van der Waals surface area contributed by atoms with Gasteiger partial charge in [-0.05, 0) is 69.1 Å². The first-order chi connectivity index (χ1) is 17.3. The number of rotatable bonds is 1. The molecule has 1 N–H and O–H groups in total. The largest absolute Gasteiger partial charge is 0.480 e. The van der Waals surface area contributed by atoms with Crippen molar-refractivity contribution in [2.75, 3.05) is 32.6 Å². The third-order valence-electron chi connectivity index (χ3n) is 11.4. The van der Waals surface area contributed by atoms with Crippen molar-refractivity contribution in [1.82, 2.24) is 9.80 Å². The van der Waals surface area contributed by atoms with Crippen LogP contribution in [0.4, 0.5) is 5.69 Å². The minimum absolute atomic E-state index is 0.0165. The van der Waals surface area contributed by atoms with Gasteiger partial charge in [0, 0.05) is 27.2 Å². The molecule has 0 radical (unpaired) electrons. The average molecular weight is 508 g/mol. The molecule has 8 rings (SSSR count). The topological polar surface area (TPSA) is 80.3 Å². The Morgan fingerprint density at radius 1 is 1.14 bits per heavy atom. The van der Waals surface area contributed by atoms with Gasteiger partial charge in [-0.3, -0.25) is 14.5 Å². The Morgan fingerprint density at radius 2 is 1.89 bits per heavy atom. The van der Waals surface area contributed by atoms with Crippen LogP contribution in [-0.2, 0) is 19.7 Å². The molecule has 1 aromatic carbocycles. The number of carbonyl (C=O) groups excluding carboxylic acids is 2. The lowest BCUT2D eigenvalue weighted by atomic mass is 9.55. The molecule has 4 unspecified atom stereocenters. The van der Waals surface area contributed by atoms with Crippen LogP contribution < -0.4 is 14.8 Å². The summed E-state index contributed by atoms with van der Waals surface area (Å²) in [6.07, 6.45) is 5.62. The van der Waals surface area contributed by atoms with Crippen LogP contribution in [0.3, 0.4) is 0 Å². The van der Waals surface area contributed by atoms with E-state index in [-0.39, 0.29) is 17.7 Å². The van der Waals surface area contributed by atoms with Gasteiger partial charge in [-0.2, -0.15) is 0 Å². The number of nitrogens with zero attached hydrogens (tertiary/aromatic N) is 2. The minimum Gasteiger partial charge on any atom is -0.480 e. The summed E-state index contributed by atoms with van der Waals surface area (Å²) in [5, 5.41) is 3.22. The van der Waals surface area contributed by atoms with Crippen LogP contribution in [0.1, 0.15) is 59.4 Å². The zero-order valence-corrected chi connectivity index (χ0v) is 22.9. The van der Waals surface area contributed by atoms with Crippen LogP contribution in [0.2, 0.25) is 0 Å². The second kappa shape index (κ2) is 6.52. The molecule has 198 valence electrons. The van der Waals surface area contributed by atoms with E-state index in [4.69, 9.17) is 14.2 Å². The molecule has 2 amide bonds. The van der Waals surface area contributed by atoms with Crippen LogP contribution in [-0.4, -0.2) is 71.1 Å². The van der Waals surface area contributed by atoms with Gasteiger partial charge in [0.25, 0.3) is 0 Å². The highest BCUT2D eigenvalue weighted by Crippen LogP contribution is 2.73. The highest BCUT2D eigenvalue weighted by atomic mass is 16.5. The SMILES string of the molecule is CO[C@]1(C)CCN2CC34CC5(C(=O)Nc6c5ccc5c6OC=CC(C)(C)O5)C(C)(C)C3CC21C(=O)N4C. The molecule has 1 saturated carbocycles. The Labute approximate surface area is 218 Å². The highest BCUT2D eigenvalue weighted by molar-refractivity contribution is 6.09. The summed E-state index contributed by atoms with van der Waals surface area (Å²) < 4.78 is 18.4. The number of anilines is 1. The van der Waals surface area contributed by atoms with Gasteiger partial charge in [0.1, 0.15) is 11.1 Å². The molecular formula is C29H37N3O5. The Balaban J connectivity index is 1.41. The number of piperazine rings is 1. The van der Waals surface area contributed by atoms with Gasteiger partial charge in [0.15, 0.2) is 11.5 Å². The maximum atomic E-state index is 14.2. The standard InChI is InChI=1S/C29H37N3O5/c1-24(2)11-13-36-21-18(37-24)9-8-17-20(21)30-22(33)28(17)15-27-16-32-12-10-26(5,35-7)29(32,23(34)31(27)6)14-19(27)25(28,3)4/h8-9,11,13,19H,10,12,14-16H2,1-7H3,(H,30,33)/t19?,26-,27?,28?,29?/m1/s1. The second-order valence-corrected chi connectivity index (χ2v) is 13.4. The molecule has 5 fully saturated rings. The smallest absolute Gasteiger partial charge is 0.246 e. The van der Waals surface area contributed by atoms with Gasteiger partial charge < -0.3 is 24.4 Å². The molecule has 0 aromatic heterocycles. The molecule has 7 aliphatic rings. The van der Waals surface area contributed by atoms with E-state index in [1.165, 1.54) is 0 Å². The molecule has 1 aliphatic carbocycles. The van der Waals surface area contributed by atoms with E-state index in [2.05, 4.69) is 31.0 Å². The van der Waals surface area contributed by atoms with E-state index in [1.807, 2.05) is 44.0 Å². The summed E-state index contributed by atoms with van der Waals surface area (Å²) in [6.45, 7) is 12.1. The van der Waals surface area contributed by atoms with Gasteiger partial charge in [0.2, 0.25) is 11.8 Å². The quantitative estimate of drug-likeness (QED) is 0.627. The summed E-state index contributed by atoms with van der Waals surface area (Å²) in [7, 11) is 3.68. The predicted octanol–water partition coefficient (Wildman–Crippen LogP) is 3.45. The van der Waals surface area contributed by atoms with Gasteiger partial charge in [-0.25, -0.2) is 0 Å². The zero-order valence-electron chi connectivity index (χ0n) is 22.9. The lowest BCUT2D eigenvalue weighted by molar-refractivity contribution is -0.210. The molecule has 3 spiro atoms. The average Bonchev–Trinajstić information content (AvgIpc) is 3.32. The molecule has 4 saturated heterocycles. The second-order valence-electron chi connectivity index (χ2n) is 13.4. The number of likely N-dealkylation sites (N-methyl/N-ethyl adjacent to an activating group) is 1. The first-order valence-corrected chi connectivity index (χ1v) is 13.4. The first kappa shape index (κ1) is 23.5. The lowest BCUT2D eigenvalue weighted by Crippen LogP contribution is -2.82. The van der Waals surface area contributed by atoms with Gasteiger partial charge in [0.05, 0.1) is 28.5 Å². The third-order valence-corrected chi connectivity index (χ3v) is 11.4. The Morgan fingerprint density at radius 3 is 2.62 bits per heavy atom. The van der Waals surface area contributed by atoms with E-state index < -0.39 is 33.1 Å². The molecule has 8 nitrogen and oxygen atoms in total. The normalized spacial score (nSPS) is 42.0. The predicted molar refractivity (Wildman–Crippen MR) is 138 cm³/mol. The van der Waals surface area contributed by atoms with Crippen molar-refractivity contribution in [3.05, 3.63) is 30.0 Å². The van der Waals surface area contributed by atoms with Crippen molar-refractivity contribution < 1.29 is 23.8 Å². The molecule has 37 heavy (non-hydrogen) atoms. The van der Waals surface area contributed by atoms with Gasteiger partial charge in [-0.15, -0.1) is 0 Å². The summed E-state index contributed by atoms with van der Waals surface area (Å²) >= 11 is 0. The summed E-state index contributed by atoms with van der Waals surface area (Å²) in [5.41, 5.74) is -1.83. The fourth-order valence-electron chi connectivity index (χ4n) is 9.30. The fraction of sp³-hybridized carbons (Fsp3) is 0.655. The number of piperidine rings is 2. The van der Waals surface area contributed by atoms with E-state index in [0.717, 1.165) is 25.1 Å². The number of fused-ring (bicyclic) bond motifs is 5. The summed E-state index contributed by atoms with van der Waals surface area (Å²) in [5.74, 6) is 1.40. The van der Waals surface area contributed by atoms with Crippen molar-refractivity contribution in [1.29, 1.82) is 0 Å². The molecular weight excluding hydrogens is 470 g/mol. The van der Waals surface area contributed by atoms with E-state index in [9.17, 15) is 9.59 Å². The molecule has 1 aromatic rings. The molecule has 6 aliphatic heterocycles. The van der Waals surface area contributed by atoms with Crippen molar-refractivity contribution in [2.45, 2.75) is 81.6 Å². The fourth-order valence-corrected chi connectivity index (χ4v) is 9.30. The van der Waals surface area contributed by atoms with E-state index in [1.54, 1.807) is 13.4 Å². The lowest BCUT2D eigenvalue weighted by Gasteiger charge is -2.66. The molecule has 6 heterocycles. The van der Waals surface area contributed by atoms with Crippen LogP contribution >= 0.6 is 0 Å². The van der Waals surface area contributed by atoms with Crippen molar-refractivity contribution >= 4 is 17.5 Å². The number of hydrogen-bond acceptors (Lipinski definition) is 6. The Hall–Kier alpha value is -2.58. The third kappa shape index (κ3) is 2.31. The van der Waals surface area contributed by atoms with Crippen molar-refractivity contribution in [3.8, 4) is 11.5 Å². The number of carbonyl (C=O) groups is 2. The van der Waals surface area contributed by atoms with Crippen molar-refractivity contribution in [3.63, 3.8) is 0 Å². The zero-order chi connectivity index (χ0) is 26.4. The number of nitrogens with one attached hydrogen (secondary N) is 1. The number of benzene rings is 1. The maximum Gasteiger partial charge on any atom is 0.246 e. The molecule has 5 atom stereocenters. The van der Waals surface area contributed by atoms with Crippen LogP contribution in [0, 0.1) is 11.3 Å². The highest BCUT2D eigenvalue weighted by Gasteiger charge is 2.82. The number of hydrogen-bond donors (Lipinski definition) is 1. The summed E-state index contributed by atoms with van der Waals surface area (Å²) in [4.78, 5) is 32.8. The van der Waals surface area contributed by atoms with Crippen LogP contribution in [0.5, 0.6) is 11.5 Å². The monoisotopic (exact) mass is 507 g/mol. The van der Waals surface area contributed by atoms with Gasteiger partial charge in [-0.1, -0.05) is 19.9 Å². The van der Waals surface area contributed by atoms with Gasteiger partial charge >= 0.3 is 0 Å². The Kier molecular flexibility index (Phi) is 4.14. The Bertz CT molecular complexity index is 1300. The molecule has 2 bridgehead atoms. The first-order valence-electron chi connectivity index (χ1n) is 13.4.